The lowest BCUT2D eigenvalue weighted by atomic mass is 10.0. The number of halogens is 1. The van der Waals surface area contributed by atoms with Gasteiger partial charge in [-0.05, 0) is 57.8 Å². The Bertz CT molecular complexity index is 329. The third kappa shape index (κ3) is 22.9. The Morgan fingerprint density at radius 1 is 0.324 bits per heavy atom. The lowest BCUT2D eigenvalue weighted by molar-refractivity contribution is -0.929. The summed E-state index contributed by atoms with van der Waals surface area (Å²) in [6.45, 7) is 12.9. The molecule has 0 aromatic heterocycles. The van der Waals surface area contributed by atoms with Gasteiger partial charge in [-0.15, -0.1) is 0 Å². The maximum Gasteiger partial charge on any atom is 0.0786 e. The molecule has 1 nitrogen and oxygen atoms in total. The fourth-order valence-corrected chi connectivity index (χ4v) is 6.00. The first kappa shape index (κ1) is 34.4. The Balaban J connectivity index is 4.74. The van der Waals surface area contributed by atoms with Crippen LogP contribution in [0.5, 0.6) is 0 Å². The Labute approximate surface area is 226 Å². The summed E-state index contributed by atoms with van der Waals surface area (Å²) < 4.78 is 1.47. The quantitative estimate of drug-likeness (QED) is 0.0498. The van der Waals surface area contributed by atoms with E-state index in [1.54, 1.807) is 0 Å². The van der Waals surface area contributed by atoms with Gasteiger partial charge in [0, 0.05) is 5.33 Å². The lowest BCUT2D eigenvalue weighted by Crippen LogP contribution is -2.50. The van der Waals surface area contributed by atoms with Gasteiger partial charge in [0.25, 0.3) is 0 Å². The topological polar surface area (TPSA) is 0 Å². The van der Waals surface area contributed by atoms with Crippen LogP contribution < -0.4 is 0 Å². The second-order valence-electron chi connectivity index (χ2n) is 11.3. The molecule has 0 rings (SSSR count). The molecule has 0 fully saturated rings. The van der Waals surface area contributed by atoms with Gasteiger partial charge < -0.3 is 4.48 Å². The van der Waals surface area contributed by atoms with E-state index in [4.69, 9.17) is 0 Å². The number of quaternary nitrogens is 1. The van der Waals surface area contributed by atoms with Gasteiger partial charge in [-0.2, -0.15) is 0 Å². The van der Waals surface area contributed by atoms with Crippen LogP contribution in [0.25, 0.3) is 0 Å². The normalized spacial score (nSPS) is 12.0. The van der Waals surface area contributed by atoms with E-state index in [2.05, 4.69) is 36.7 Å². The molecule has 0 radical (unpaired) electrons. The summed E-state index contributed by atoms with van der Waals surface area (Å²) >= 11 is 3.59. The van der Waals surface area contributed by atoms with Crippen molar-refractivity contribution in [2.45, 2.75) is 175 Å². The molecule has 0 atom stereocenters. The minimum Gasteiger partial charge on any atom is -0.324 e. The molecule has 0 heterocycles. The van der Waals surface area contributed by atoms with Crippen molar-refractivity contribution in [2.75, 3.05) is 31.5 Å². The van der Waals surface area contributed by atoms with Crippen LogP contribution in [0.1, 0.15) is 175 Å². The zero-order valence-corrected chi connectivity index (χ0v) is 25.9. The highest BCUT2D eigenvalue weighted by Gasteiger charge is 2.25. The molecule has 0 amide bonds. The number of rotatable bonds is 29. The van der Waals surface area contributed by atoms with Crippen molar-refractivity contribution in [3.63, 3.8) is 0 Å². The first-order valence-electron chi connectivity index (χ1n) is 16.2. The Morgan fingerprint density at radius 2 is 0.559 bits per heavy atom. The van der Waals surface area contributed by atoms with Crippen LogP contribution in [0.3, 0.4) is 0 Å². The molecule has 0 aromatic rings. The van der Waals surface area contributed by atoms with E-state index in [1.165, 1.54) is 190 Å². The second kappa shape index (κ2) is 28.0. The average Bonchev–Trinajstić information content (AvgIpc) is 2.85. The number of unbranched alkanes of at least 4 members (excludes halogenated alkanes) is 20. The molecule has 0 unspecified atom stereocenters. The fraction of sp³-hybridized carbons (Fsp3) is 1.00. The highest BCUT2D eigenvalue weighted by Crippen LogP contribution is 2.20. The first-order chi connectivity index (χ1) is 16.7. The van der Waals surface area contributed by atoms with Crippen LogP contribution in [0.15, 0.2) is 0 Å². The van der Waals surface area contributed by atoms with Gasteiger partial charge in [0.1, 0.15) is 0 Å². The first-order valence-corrected chi connectivity index (χ1v) is 17.3. The van der Waals surface area contributed by atoms with Crippen molar-refractivity contribution >= 4 is 15.9 Å². The molecule has 34 heavy (non-hydrogen) atoms. The van der Waals surface area contributed by atoms with E-state index < -0.39 is 0 Å². The minimum atomic E-state index is 1.18. The molecule has 0 saturated carbocycles. The largest absolute Gasteiger partial charge is 0.324 e. The molecule has 0 aliphatic rings. The van der Waals surface area contributed by atoms with E-state index >= 15 is 0 Å². The summed E-state index contributed by atoms with van der Waals surface area (Å²) in [5.74, 6) is 0. The van der Waals surface area contributed by atoms with Crippen molar-refractivity contribution in [2.24, 2.45) is 0 Å². The number of alkyl halides is 1. The van der Waals surface area contributed by atoms with Crippen LogP contribution in [-0.4, -0.2) is 36.0 Å². The minimum absolute atomic E-state index is 1.18. The van der Waals surface area contributed by atoms with E-state index in [0.29, 0.717) is 0 Å². The van der Waals surface area contributed by atoms with E-state index in [-0.39, 0.29) is 0 Å². The van der Waals surface area contributed by atoms with Crippen molar-refractivity contribution < 1.29 is 4.48 Å². The molecular weight excluding hydrogens is 478 g/mol. The molecule has 0 saturated heterocycles. The maximum absolute atomic E-state index is 3.59. The highest BCUT2D eigenvalue weighted by molar-refractivity contribution is 9.09. The number of hydrogen-bond acceptors (Lipinski definition) is 0. The zero-order chi connectivity index (χ0) is 25.0. The molecule has 206 valence electrons. The Kier molecular flexibility index (Phi) is 28.4. The van der Waals surface area contributed by atoms with Crippen LogP contribution in [0.2, 0.25) is 0 Å². The summed E-state index contributed by atoms with van der Waals surface area (Å²) in [5.41, 5.74) is 0. The predicted molar refractivity (Wildman–Crippen MR) is 161 cm³/mol. The van der Waals surface area contributed by atoms with Crippen molar-refractivity contribution in [3.8, 4) is 0 Å². The molecule has 0 N–H and O–H groups in total. The van der Waals surface area contributed by atoms with Gasteiger partial charge in [0.2, 0.25) is 0 Å². The lowest BCUT2D eigenvalue weighted by Gasteiger charge is -2.40. The number of hydrogen-bond donors (Lipinski definition) is 0. The SMILES string of the molecule is CCCCCCCC[N+](CCCCCCCC)(CCCCCCCC)CCCCCCCCBr. The monoisotopic (exact) mass is 544 g/mol. The van der Waals surface area contributed by atoms with Gasteiger partial charge in [0.15, 0.2) is 0 Å². The van der Waals surface area contributed by atoms with Crippen molar-refractivity contribution in [1.29, 1.82) is 0 Å². The summed E-state index contributed by atoms with van der Waals surface area (Å²) in [4.78, 5) is 0. The molecule has 2 heteroatoms. The molecule has 0 aliphatic carbocycles. The molecule has 0 spiro atoms. The van der Waals surface area contributed by atoms with Gasteiger partial charge >= 0.3 is 0 Å². The van der Waals surface area contributed by atoms with Crippen LogP contribution in [0.4, 0.5) is 0 Å². The highest BCUT2D eigenvalue weighted by atomic mass is 79.9. The van der Waals surface area contributed by atoms with E-state index in [9.17, 15) is 0 Å². The zero-order valence-electron chi connectivity index (χ0n) is 24.3. The van der Waals surface area contributed by atoms with Crippen LogP contribution in [-0.2, 0) is 0 Å². The van der Waals surface area contributed by atoms with Gasteiger partial charge in [-0.25, -0.2) is 0 Å². The molecule has 0 aliphatic heterocycles. The van der Waals surface area contributed by atoms with E-state index in [0.717, 1.165) is 0 Å². The smallest absolute Gasteiger partial charge is 0.0786 e. The van der Waals surface area contributed by atoms with E-state index in [1.807, 2.05) is 0 Å². The second-order valence-corrected chi connectivity index (χ2v) is 12.1. The summed E-state index contributed by atoms with van der Waals surface area (Å²) in [6, 6.07) is 0. The third-order valence-corrected chi connectivity index (χ3v) is 8.53. The van der Waals surface area contributed by atoms with Crippen molar-refractivity contribution in [1.82, 2.24) is 0 Å². The van der Waals surface area contributed by atoms with Crippen molar-refractivity contribution in [3.05, 3.63) is 0 Å². The van der Waals surface area contributed by atoms with Gasteiger partial charge in [-0.1, -0.05) is 133 Å². The Hall–Kier alpha value is 0.440. The van der Waals surface area contributed by atoms with Gasteiger partial charge in [0.05, 0.1) is 26.2 Å². The third-order valence-electron chi connectivity index (χ3n) is 7.97. The summed E-state index contributed by atoms with van der Waals surface area (Å²) in [5, 5.41) is 1.18. The average molecular weight is 546 g/mol. The standard InChI is InChI=1S/C32H67BrN/c1-4-7-10-13-19-24-29-34(30-25-20-14-11-8-5-2,31-26-21-15-12-9-6-3)32-27-22-17-16-18-23-28-33/h4-32H2,1-3H3/q+1. The predicted octanol–water partition coefficient (Wildman–Crippen LogP) is 11.6. The van der Waals surface area contributed by atoms with Crippen LogP contribution in [0, 0.1) is 0 Å². The van der Waals surface area contributed by atoms with Gasteiger partial charge in [-0.3, -0.25) is 0 Å². The fourth-order valence-electron chi connectivity index (χ4n) is 5.60. The molecule has 0 bridgehead atoms. The Morgan fingerprint density at radius 3 is 0.824 bits per heavy atom. The molecule has 0 aromatic carbocycles. The molecular formula is C32H67BrN+. The summed E-state index contributed by atoms with van der Waals surface area (Å²) in [6.07, 6.45) is 34.6. The number of nitrogens with zero attached hydrogens (tertiary/aromatic N) is 1. The maximum atomic E-state index is 3.59. The summed E-state index contributed by atoms with van der Waals surface area (Å²) in [7, 11) is 0. The van der Waals surface area contributed by atoms with Crippen LogP contribution >= 0.6 is 15.9 Å².